The molecule has 3 N–H and O–H groups in total. The third kappa shape index (κ3) is 4.43. The zero-order valence-corrected chi connectivity index (χ0v) is 13.9. The average Bonchev–Trinajstić information content (AvgIpc) is 3.10. The zero-order valence-electron chi connectivity index (χ0n) is 13.9. The molecule has 0 aromatic heterocycles. The fraction of sp³-hybridized carbons (Fsp3) is 0.350. The number of likely N-dealkylation sites (tertiary alicyclic amines) is 1. The maximum Gasteiger partial charge on any atom is 0.226 e. The van der Waals surface area contributed by atoms with E-state index in [2.05, 4.69) is 16.3 Å². The number of para-hydroxylation sites is 1. The maximum atomic E-state index is 12.4. The van der Waals surface area contributed by atoms with Crippen molar-refractivity contribution >= 4 is 11.6 Å². The van der Waals surface area contributed by atoms with Crippen molar-refractivity contribution < 1.29 is 4.79 Å². The van der Waals surface area contributed by atoms with Crippen molar-refractivity contribution in [3.63, 3.8) is 0 Å². The highest BCUT2D eigenvalue weighted by atomic mass is 16.1. The molecule has 0 radical (unpaired) electrons. The zero-order chi connectivity index (χ0) is 16.8. The molecule has 0 spiro atoms. The Kier molecular flexibility index (Phi) is 5.62. The Morgan fingerprint density at radius 3 is 2.46 bits per heavy atom. The summed E-state index contributed by atoms with van der Waals surface area (Å²) in [6.07, 6.45) is 2.81. The van der Waals surface area contributed by atoms with E-state index in [0.29, 0.717) is 0 Å². The molecule has 4 heteroatoms. The summed E-state index contributed by atoms with van der Waals surface area (Å²) in [4.78, 5) is 14.8. The predicted octanol–water partition coefficient (Wildman–Crippen LogP) is 3.31. The van der Waals surface area contributed by atoms with E-state index >= 15 is 0 Å². The first-order chi connectivity index (χ1) is 11.7. The van der Waals surface area contributed by atoms with Gasteiger partial charge in [0.25, 0.3) is 0 Å². The van der Waals surface area contributed by atoms with E-state index < -0.39 is 0 Å². The second-order valence-corrected chi connectivity index (χ2v) is 6.41. The minimum atomic E-state index is -0.281. The summed E-state index contributed by atoms with van der Waals surface area (Å²) >= 11 is 0. The van der Waals surface area contributed by atoms with Crippen molar-refractivity contribution in [3.05, 3.63) is 65.7 Å². The lowest BCUT2D eigenvalue weighted by Gasteiger charge is -2.18. The van der Waals surface area contributed by atoms with E-state index in [-0.39, 0.29) is 18.4 Å². The maximum absolute atomic E-state index is 12.4. The lowest BCUT2D eigenvalue weighted by molar-refractivity contribution is -0.116. The fourth-order valence-corrected chi connectivity index (χ4v) is 3.18. The first-order valence-corrected chi connectivity index (χ1v) is 8.63. The molecular weight excluding hydrogens is 298 g/mol. The number of carbonyl (C=O) groups is 1. The first kappa shape index (κ1) is 16.7. The van der Waals surface area contributed by atoms with Crippen molar-refractivity contribution in [2.24, 2.45) is 5.73 Å². The molecule has 1 saturated heterocycles. The van der Waals surface area contributed by atoms with Crippen LogP contribution < -0.4 is 11.1 Å². The van der Waals surface area contributed by atoms with Gasteiger partial charge < -0.3 is 11.1 Å². The van der Waals surface area contributed by atoms with Gasteiger partial charge in [-0.2, -0.15) is 0 Å². The van der Waals surface area contributed by atoms with E-state index in [0.717, 1.165) is 30.9 Å². The van der Waals surface area contributed by atoms with E-state index in [4.69, 9.17) is 5.73 Å². The molecule has 0 saturated carbocycles. The van der Waals surface area contributed by atoms with Crippen molar-refractivity contribution in [2.75, 3.05) is 18.4 Å². The van der Waals surface area contributed by atoms with Crippen LogP contribution in [0.15, 0.2) is 54.6 Å². The van der Waals surface area contributed by atoms with E-state index in [1.807, 2.05) is 48.5 Å². The van der Waals surface area contributed by atoms with Gasteiger partial charge in [-0.3, -0.25) is 9.69 Å². The summed E-state index contributed by atoms with van der Waals surface area (Å²) in [6, 6.07) is 17.5. The van der Waals surface area contributed by atoms with Gasteiger partial charge in [0.1, 0.15) is 0 Å². The van der Waals surface area contributed by atoms with Gasteiger partial charge in [0.05, 0.1) is 0 Å². The fourth-order valence-electron chi connectivity index (χ4n) is 3.18. The Morgan fingerprint density at radius 2 is 1.71 bits per heavy atom. The van der Waals surface area contributed by atoms with Gasteiger partial charge in [0.15, 0.2) is 0 Å². The summed E-state index contributed by atoms with van der Waals surface area (Å²) < 4.78 is 0. The van der Waals surface area contributed by atoms with Crippen LogP contribution in [0.1, 0.15) is 36.4 Å². The number of anilines is 1. The number of amides is 1. The highest BCUT2D eigenvalue weighted by Gasteiger charge is 2.16. The van der Waals surface area contributed by atoms with Gasteiger partial charge in [-0.05, 0) is 43.1 Å². The minimum Gasteiger partial charge on any atom is -0.326 e. The highest BCUT2D eigenvalue weighted by Crippen LogP contribution is 2.21. The summed E-state index contributed by atoms with van der Waals surface area (Å²) in [5.74, 6) is -0.0415. The lowest BCUT2D eigenvalue weighted by Crippen LogP contribution is -2.23. The molecule has 2 aromatic rings. The topological polar surface area (TPSA) is 58.4 Å². The van der Waals surface area contributed by atoms with Crippen LogP contribution in [0.5, 0.6) is 0 Å². The first-order valence-electron chi connectivity index (χ1n) is 8.63. The summed E-state index contributed by atoms with van der Waals surface area (Å²) in [7, 11) is 0. The number of benzene rings is 2. The number of hydrogen-bond acceptors (Lipinski definition) is 3. The number of carbonyl (C=O) groups excluding carboxylic acids is 1. The van der Waals surface area contributed by atoms with Gasteiger partial charge in [0, 0.05) is 24.7 Å². The van der Waals surface area contributed by atoms with Crippen LogP contribution in [-0.2, 0) is 11.3 Å². The third-order valence-corrected chi connectivity index (χ3v) is 4.52. The Bertz CT molecular complexity index is 666. The molecule has 0 bridgehead atoms. The molecule has 1 aliphatic rings. The van der Waals surface area contributed by atoms with Gasteiger partial charge >= 0.3 is 0 Å². The second kappa shape index (κ2) is 8.08. The minimum absolute atomic E-state index is 0.0415. The molecule has 1 atom stereocenters. The SMILES string of the molecule is NC(CC(=O)Nc1ccccc1CN1CCCC1)c1ccccc1. The summed E-state index contributed by atoms with van der Waals surface area (Å²) in [5.41, 5.74) is 9.20. The number of nitrogens with two attached hydrogens (primary N) is 1. The van der Waals surface area contributed by atoms with Crippen molar-refractivity contribution in [1.82, 2.24) is 4.90 Å². The van der Waals surface area contributed by atoms with Crippen molar-refractivity contribution in [2.45, 2.75) is 31.8 Å². The van der Waals surface area contributed by atoms with Crippen LogP contribution in [0.2, 0.25) is 0 Å². The van der Waals surface area contributed by atoms with Gasteiger partial charge in [0.2, 0.25) is 5.91 Å². The molecule has 4 nitrogen and oxygen atoms in total. The Hall–Kier alpha value is -2.17. The largest absolute Gasteiger partial charge is 0.326 e. The van der Waals surface area contributed by atoms with Crippen LogP contribution in [0.4, 0.5) is 5.69 Å². The average molecular weight is 323 g/mol. The summed E-state index contributed by atoms with van der Waals surface area (Å²) in [6.45, 7) is 3.17. The van der Waals surface area contributed by atoms with Crippen molar-refractivity contribution in [1.29, 1.82) is 0 Å². The molecule has 1 fully saturated rings. The van der Waals surface area contributed by atoms with Gasteiger partial charge in [-0.15, -0.1) is 0 Å². The van der Waals surface area contributed by atoms with Crippen LogP contribution in [0, 0.1) is 0 Å². The van der Waals surface area contributed by atoms with Crippen LogP contribution >= 0.6 is 0 Å². The van der Waals surface area contributed by atoms with E-state index in [9.17, 15) is 4.79 Å². The highest BCUT2D eigenvalue weighted by molar-refractivity contribution is 5.92. The molecule has 0 aliphatic carbocycles. The molecule has 126 valence electrons. The Balaban J connectivity index is 1.61. The molecule has 24 heavy (non-hydrogen) atoms. The molecule has 1 heterocycles. The molecule has 1 aliphatic heterocycles. The van der Waals surface area contributed by atoms with Crippen molar-refractivity contribution in [3.8, 4) is 0 Å². The Labute approximate surface area is 143 Å². The predicted molar refractivity (Wildman–Crippen MR) is 97.6 cm³/mol. The Morgan fingerprint density at radius 1 is 1.04 bits per heavy atom. The van der Waals surface area contributed by atoms with Gasteiger partial charge in [-0.25, -0.2) is 0 Å². The molecule has 2 aromatic carbocycles. The molecular formula is C20H25N3O. The molecule has 1 amide bonds. The van der Waals surface area contributed by atoms with Gasteiger partial charge in [-0.1, -0.05) is 48.5 Å². The molecule has 3 rings (SSSR count). The van der Waals surface area contributed by atoms with E-state index in [1.165, 1.54) is 18.4 Å². The molecule has 1 unspecified atom stereocenters. The standard InChI is InChI=1S/C20H25N3O/c21-18(16-8-2-1-3-9-16)14-20(24)22-19-11-5-4-10-17(19)15-23-12-6-7-13-23/h1-5,8-11,18H,6-7,12-15,21H2,(H,22,24). The normalized spacial score (nSPS) is 16.0. The number of nitrogens with one attached hydrogen (secondary N) is 1. The quantitative estimate of drug-likeness (QED) is 0.857. The second-order valence-electron chi connectivity index (χ2n) is 6.41. The lowest BCUT2D eigenvalue weighted by atomic mass is 10.0. The number of hydrogen-bond donors (Lipinski definition) is 2. The van der Waals surface area contributed by atoms with Crippen LogP contribution in [-0.4, -0.2) is 23.9 Å². The monoisotopic (exact) mass is 323 g/mol. The number of nitrogens with zero attached hydrogens (tertiary/aromatic N) is 1. The number of rotatable bonds is 6. The third-order valence-electron chi connectivity index (χ3n) is 4.52. The van der Waals surface area contributed by atoms with Crippen LogP contribution in [0.25, 0.3) is 0 Å². The van der Waals surface area contributed by atoms with Crippen LogP contribution in [0.3, 0.4) is 0 Å². The summed E-state index contributed by atoms with van der Waals surface area (Å²) in [5, 5.41) is 3.04. The van der Waals surface area contributed by atoms with E-state index in [1.54, 1.807) is 0 Å². The smallest absolute Gasteiger partial charge is 0.226 e.